The number of thioether (sulfide) groups is 1. The fourth-order valence-corrected chi connectivity index (χ4v) is 8.18. The lowest BCUT2D eigenvalue weighted by molar-refractivity contribution is -0.137. The lowest BCUT2D eigenvalue weighted by atomic mass is 9.95. The van der Waals surface area contributed by atoms with Crippen LogP contribution in [0.5, 0.6) is 0 Å². The summed E-state index contributed by atoms with van der Waals surface area (Å²) in [6.45, 7) is 8.80. The summed E-state index contributed by atoms with van der Waals surface area (Å²) in [4.78, 5) is 38.4. The van der Waals surface area contributed by atoms with E-state index in [0.29, 0.717) is 11.6 Å². The van der Waals surface area contributed by atoms with Crippen LogP contribution in [0.2, 0.25) is 5.02 Å². The molecule has 4 heterocycles. The summed E-state index contributed by atoms with van der Waals surface area (Å²) in [6, 6.07) is 2.26. The Morgan fingerprint density at radius 1 is 0.980 bits per heavy atom. The number of pyridine rings is 1. The third-order valence-corrected chi connectivity index (χ3v) is 10.2. The summed E-state index contributed by atoms with van der Waals surface area (Å²) in [5.41, 5.74) is -3.60. The number of halogens is 7. The van der Waals surface area contributed by atoms with Gasteiger partial charge in [-0.15, -0.1) is 11.8 Å². The van der Waals surface area contributed by atoms with Gasteiger partial charge in [0.15, 0.2) is 0 Å². The maximum absolute atomic E-state index is 15.5. The Morgan fingerprint density at radius 2 is 1.66 bits per heavy atom. The number of hydrogen-bond acceptors (Lipinski definition) is 7. The van der Waals surface area contributed by atoms with Crippen LogP contribution in [0.4, 0.5) is 37.0 Å². The Hall–Kier alpha value is -3.98. The molecule has 266 valence electrons. The Labute approximate surface area is 292 Å². The zero-order valence-electron chi connectivity index (χ0n) is 27.5. The number of ether oxygens (including phenoxy) is 1. The smallest absolute Gasteiger partial charge is 0.417 e. The molecule has 2 aromatic carbocycles. The molecule has 4 aromatic rings. The molecule has 1 fully saturated rings. The zero-order valence-corrected chi connectivity index (χ0v) is 29.1. The van der Waals surface area contributed by atoms with Crippen molar-refractivity contribution in [2.24, 2.45) is 0 Å². The molecule has 0 bridgehead atoms. The van der Waals surface area contributed by atoms with Gasteiger partial charge in [-0.1, -0.05) is 11.6 Å². The van der Waals surface area contributed by atoms with Gasteiger partial charge in [-0.05, 0) is 58.4 Å². The van der Waals surface area contributed by atoms with Gasteiger partial charge in [0.1, 0.15) is 28.9 Å². The largest absolute Gasteiger partial charge is 0.444 e. The average Bonchev–Trinajstić information content (AvgIpc) is 3.20. The van der Waals surface area contributed by atoms with Gasteiger partial charge < -0.3 is 9.64 Å². The molecule has 2 aliphatic rings. The summed E-state index contributed by atoms with van der Waals surface area (Å²) in [5, 5.41) is -0.636. The van der Waals surface area contributed by atoms with E-state index in [0.717, 1.165) is 30.1 Å². The van der Waals surface area contributed by atoms with E-state index in [9.17, 15) is 18.4 Å². The minimum absolute atomic E-state index is 0.0417. The first kappa shape index (κ1) is 35.8. The number of rotatable bonds is 3. The van der Waals surface area contributed by atoms with E-state index in [2.05, 4.69) is 9.97 Å². The van der Waals surface area contributed by atoms with Crippen LogP contribution in [0.25, 0.3) is 22.0 Å². The number of benzene rings is 2. The molecule has 2 aliphatic heterocycles. The molecule has 50 heavy (non-hydrogen) atoms. The second kappa shape index (κ2) is 13.0. The number of anilines is 1. The first-order chi connectivity index (χ1) is 23.3. The summed E-state index contributed by atoms with van der Waals surface area (Å²) >= 11 is 6.91. The highest BCUT2D eigenvalue weighted by atomic mass is 35.5. The van der Waals surface area contributed by atoms with Crippen molar-refractivity contribution in [1.82, 2.24) is 19.4 Å². The number of nitrogens with zero attached hydrogens (tertiary/aromatic N) is 5. The van der Waals surface area contributed by atoms with Crippen LogP contribution in [0.1, 0.15) is 51.7 Å². The summed E-state index contributed by atoms with van der Waals surface area (Å²) in [5.74, 6) is -3.71. The number of piperazine rings is 1. The monoisotopic (exact) mass is 739 g/mol. The van der Waals surface area contributed by atoms with Gasteiger partial charge in [0.2, 0.25) is 0 Å². The van der Waals surface area contributed by atoms with Crippen LogP contribution in [0.15, 0.2) is 46.3 Å². The van der Waals surface area contributed by atoms with E-state index in [-0.39, 0.29) is 47.0 Å². The molecule has 6 rings (SSSR count). The van der Waals surface area contributed by atoms with Gasteiger partial charge in [-0.3, -0.25) is 14.5 Å². The van der Waals surface area contributed by atoms with Gasteiger partial charge in [0.05, 0.1) is 34.4 Å². The van der Waals surface area contributed by atoms with E-state index in [1.807, 2.05) is 0 Å². The van der Waals surface area contributed by atoms with Gasteiger partial charge in [-0.25, -0.2) is 22.8 Å². The number of amides is 1. The molecule has 16 heteroatoms. The van der Waals surface area contributed by atoms with Crippen molar-refractivity contribution < 1.29 is 35.9 Å². The molecule has 0 spiro atoms. The molecule has 0 unspecified atom stereocenters. The topological polar surface area (TPSA) is 80.6 Å². The van der Waals surface area contributed by atoms with Crippen molar-refractivity contribution in [3.8, 4) is 11.1 Å². The van der Waals surface area contributed by atoms with E-state index in [1.165, 1.54) is 16.8 Å². The van der Waals surface area contributed by atoms with Crippen LogP contribution >= 0.6 is 23.4 Å². The minimum atomic E-state index is -5.06. The van der Waals surface area contributed by atoms with E-state index in [4.69, 9.17) is 16.3 Å². The van der Waals surface area contributed by atoms with Crippen molar-refractivity contribution in [1.29, 1.82) is 0 Å². The quantitative estimate of drug-likeness (QED) is 0.155. The Balaban J connectivity index is 1.60. The van der Waals surface area contributed by atoms with Crippen LogP contribution in [-0.4, -0.2) is 62.1 Å². The summed E-state index contributed by atoms with van der Waals surface area (Å²) < 4.78 is 96.1. The maximum atomic E-state index is 15.5. The summed E-state index contributed by atoms with van der Waals surface area (Å²) in [6.07, 6.45) is -3.21. The average molecular weight is 740 g/mol. The molecule has 8 nitrogen and oxygen atoms in total. The number of alkyl halides is 3. The number of carbonyl (C=O) groups is 1. The molecule has 3 atom stereocenters. The highest BCUT2D eigenvalue weighted by Gasteiger charge is 2.41. The van der Waals surface area contributed by atoms with Gasteiger partial charge in [0.25, 0.3) is 0 Å². The van der Waals surface area contributed by atoms with Gasteiger partial charge >= 0.3 is 18.0 Å². The summed E-state index contributed by atoms with van der Waals surface area (Å²) in [7, 11) is 0. The highest BCUT2D eigenvalue weighted by Crippen LogP contribution is 2.50. The van der Waals surface area contributed by atoms with Crippen LogP contribution in [0.3, 0.4) is 0 Å². The van der Waals surface area contributed by atoms with E-state index >= 15 is 17.6 Å². The third kappa shape index (κ3) is 6.73. The third-order valence-electron chi connectivity index (χ3n) is 8.64. The fraction of sp³-hybridized carbons (Fsp3) is 0.412. The molecule has 0 aliphatic carbocycles. The molecular formula is C34H32ClF6N5O3S. The Bertz CT molecular complexity index is 2060. The Kier molecular flexibility index (Phi) is 9.29. The predicted octanol–water partition coefficient (Wildman–Crippen LogP) is 8.27. The fourth-order valence-electron chi connectivity index (χ4n) is 6.63. The van der Waals surface area contributed by atoms with Crippen molar-refractivity contribution in [3.63, 3.8) is 0 Å². The normalized spacial score (nSPS) is 19.9. The molecule has 1 amide bonds. The molecule has 0 saturated carbocycles. The minimum Gasteiger partial charge on any atom is -0.444 e. The molecule has 1 saturated heterocycles. The van der Waals surface area contributed by atoms with Crippen molar-refractivity contribution in [2.75, 3.05) is 23.7 Å². The van der Waals surface area contributed by atoms with E-state index in [1.54, 1.807) is 44.4 Å². The van der Waals surface area contributed by atoms with Crippen LogP contribution < -0.4 is 10.6 Å². The lowest BCUT2D eigenvalue weighted by Gasteiger charge is -2.45. The first-order valence-electron chi connectivity index (χ1n) is 15.7. The zero-order chi connectivity index (χ0) is 36.4. The van der Waals surface area contributed by atoms with Crippen molar-refractivity contribution in [3.05, 3.63) is 80.7 Å². The lowest BCUT2D eigenvalue weighted by Crippen LogP contribution is -2.59. The Morgan fingerprint density at radius 3 is 2.28 bits per heavy atom. The van der Waals surface area contributed by atoms with Gasteiger partial charge in [0, 0.05) is 65.0 Å². The van der Waals surface area contributed by atoms with Crippen molar-refractivity contribution >= 4 is 46.2 Å². The highest BCUT2D eigenvalue weighted by molar-refractivity contribution is 7.99. The second-order valence-electron chi connectivity index (χ2n) is 13.5. The number of carbonyl (C=O) groups excluding carboxylic acids is 1. The van der Waals surface area contributed by atoms with Crippen LogP contribution in [-0.2, 0) is 17.5 Å². The maximum Gasteiger partial charge on any atom is 0.417 e. The van der Waals surface area contributed by atoms with Gasteiger partial charge in [-0.2, -0.15) is 18.2 Å². The number of hydrogen-bond donors (Lipinski definition) is 0. The SMILES string of the molecule is C[C@@H]1CN(c2nc(=O)n3c4c(c(-c5cc(Cl)c(F)cc5F)c(C(F)(F)F)cc24)SC[C@@H](c2cncc(F)c2)C3)C[C@H](C)N1C(=O)OC(C)(C)C. The van der Waals surface area contributed by atoms with Crippen LogP contribution in [0, 0.1) is 17.5 Å². The van der Waals surface area contributed by atoms with Crippen molar-refractivity contribution in [2.45, 2.75) is 75.8 Å². The predicted molar refractivity (Wildman–Crippen MR) is 178 cm³/mol. The molecule has 2 aromatic heterocycles. The molecule has 0 N–H and O–H groups in total. The molecular weight excluding hydrogens is 708 g/mol. The second-order valence-corrected chi connectivity index (χ2v) is 15.0. The van der Waals surface area contributed by atoms with E-state index < -0.39 is 80.7 Å². The standard InChI is InChI=1S/C34H32ClF6N5O3S/c1-16-12-44(13-17(2)46(16)32(48)49-33(3,4)5)30-22-7-23(34(39,40)41)27(21-8-24(35)26(38)9-25(21)37)29-28(22)45(31(47)43-30)14-19(15-50-29)18-6-20(36)11-42-10-18/h6-11,16-17,19H,12-15H2,1-5H3/t16-,17+,19-/m0/s1. The molecule has 0 radical (unpaired) electrons. The number of aromatic nitrogens is 3. The first-order valence-corrected chi connectivity index (χ1v) is 17.0.